The molecule has 1 amide bonds. The molecule has 0 bridgehead atoms. The number of ether oxygens (including phenoxy) is 1. The molecule has 0 saturated carbocycles. The van der Waals surface area contributed by atoms with Crippen LogP contribution in [0.5, 0.6) is 5.75 Å². The topological polar surface area (TPSA) is 53.8 Å². The molecule has 0 radical (unpaired) electrons. The third-order valence-corrected chi connectivity index (χ3v) is 6.25. The predicted molar refractivity (Wildman–Crippen MR) is 121 cm³/mol. The smallest absolute Gasteiger partial charge is 0.436 e. The summed E-state index contributed by atoms with van der Waals surface area (Å²) < 4.78 is 45.5. The molecule has 12 heteroatoms. The van der Waals surface area contributed by atoms with E-state index in [2.05, 4.69) is 10.00 Å². The van der Waals surface area contributed by atoms with Gasteiger partial charge in [-0.2, -0.15) is 18.3 Å². The molecule has 182 valence electrons. The quantitative estimate of drug-likeness (QED) is 0.592. The lowest BCUT2D eigenvalue weighted by molar-refractivity contribution is -0.142. The van der Waals surface area contributed by atoms with E-state index >= 15 is 0 Å². The molecule has 1 aliphatic heterocycles. The van der Waals surface area contributed by atoms with Crippen molar-refractivity contribution in [1.29, 1.82) is 0 Å². The Morgan fingerprint density at radius 3 is 2.33 bits per heavy atom. The third kappa shape index (κ3) is 5.67. The van der Waals surface area contributed by atoms with E-state index in [1.807, 2.05) is 31.1 Å². The lowest BCUT2D eigenvalue weighted by atomic mass is 10.1. The summed E-state index contributed by atoms with van der Waals surface area (Å²) in [6.45, 7) is 3.75. The van der Waals surface area contributed by atoms with Gasteiger partial charge in [-0.15, -0.1) is 0 Å². The molecule has 2 aromatic rings. The zero-order valence-electron chi connectivity index (χ0n) is 18.8. The number of hydrogen-bond donors (Lipinski definition) is 0. The molecule has 0 aliphatic carbocycles. The molecular weight excluding hydrogens is 482 g/mol. The first-order valence-corrected chi connectivity index (χ1v) is 11.0. The second-order valence-corrected chi connectivity index (χ2v) is 8.91. The molecule has 3 rings (SSSR count). The Labute approximate surface area is 200 Å². The van der Waals surface area contributed by atoms with E-state index < -0.39 is 16.9 Å². The van der Waals surface area contributed by atoms with Crippen LogP contribution >= 0.6 is 23.2 Å². The van der Waals surface area contributed by atoms with Crippen LogP contribution in [0.3, 0.4) is 0 Å². The first kappa shape index (κ1) is 25.5. The van der Waals surface area contributed by atoms with E-state index in [1.165, 1.54) is 6.92 Å². The number of halogens is 5. The van der Waals surface area contributed by atoms with Gasteiger partial charge in [0.2, 0.25) is 5.91 Å². The minimum absolute atomic E-state index is 0.109. The van der Waals surface area contributed by atoms with E-state index in [-0.39, 0.29) is 18.1 Å². The average molecular weight is 508 g/mol. The number of piperazine rings is 1. The number of hydrogen-bond acceptors (Lipinski definition) is 5. The Morgan fingerprint density at radius 2 is 1.82 bits per heavy atom. The Bertz CT molecular complexity index is 1020. The Hall–Kier alpha value is -2.17. The summed E-state index contributed by atoms with van der Waals surface area (Å²) >= 11 is 12.1. The number of methoxy groups -OCH3 is 1. The van der Waals surface area contributed by atoms with Gasteiger partial charge in [0.05, 0.1) is 22.8 Å². The normalized spacial score (nSPS) is 14.8. The number of benzene rings is 1. The highest BCUT2D eigenvalue weighted by Crippen LogP contribution is 2.36. The van der Waals surface area contributed by atoms with Gasteiger partial charge in [0.1, 0.15) is 12.3 Å². The zero-order chi connectivity index (χ0) is 24.5. The van der Waals surface area contributed by atoms with Gasteiger partial charge in [0.15, 0.2) is 5.69 Å². The van der Waals surface area contributed by atoms with Crippen molar-refractivity contribution in [3.05, 3.63) is 39.1 Å². The summed E-state index contributed by atoms with van der Waals surface area (Å²) in [5.74, 6) is 0.257. The number of aromatic nitrogens is 2. The van der Waals surface area contributed by atoms with Crippen molar-refractivity contribution in [3.63, 3.8) is 0 Å². The fourth-order valence-electron chi connectivity index (χ4n) is 3.79. The van der Waals surface area contributed by atoms with Crippen LogP contribution in [0.25, 0.3) is 0 Å². The summed E-state index contributed by atoms with van der Waals surface area (Å²) in [6.07, 6.45) is -4.67. The van der Waals surface area contributed by atoms with Gasteiger partial charge in [0.25, 0.3) is 0 Å². The van der Waals surface area contributed by atoms with Crippen LogP contribution in [0.15, 0.2) is 12.1 Å². The Kier molecular flexibility index (Phi) is 7.70. The van der Waals surface area contributed by atoms with Crippen molar-refractivity contribution in [2.75, 3.05) is 52.3 Å². The van der Waals surface area contributed by atoms with Gasteiger partial charge in [-0.3, -0.25) is 9.48 Å². The number of alkyl halides is 3. The molecule has 0 unspecified atom stereocenters. The third-order valence-electron chi connectivity index (χ3n) is 5.50. The zero-order valence-corrected chi connectivity index (χ0v) is 20.4. The molecule has 1 fully saturated rings. The highest BCUT2D eigenvalue weighted by molar-refractivity contribution is 6.32. The summed E-state index contributed by atoms with van der Waals surface area (Å²) in [6, 6.07) is 3.78. The Balaban J connectivity index is 1.71. The van der Waals surface area contributed by atoms with Crippen molar-refractivity contribution >= 4 is 34.8 Å². The maximum atomic E-state index is 13.0. The maximum Gasteiger partial charge on any atom is 0.436 e. The minimum Gasteiger partial charge on any atom is -0.495 e. The van der Waals surface area contributed by atoms with Gasteiger partial charge in [-0.25, -0.2) is 0 Å². The molecule has 0 spiro atoms. The van der Waals surface area contributed by atoms with Crippen LogP contribution in [-0.4, -0.2) is 72.9 Å². The van der Waals surface area contributed by atoms with Gasteiger partial charge in [-0.1, -0.05) is 23.2 Å². The van der Waals surface area contributed by atoms with Crippen LogP contribution in [0, 0.1) is 6.92 Å². The lowest BCUT2D eigenvalue weighted by Gasteiger charge is -2.37. The van der Waals surface area contributed by atoms with Gasteiger partial charge in [0, 0.05) is 44.5 Å². The highest BCUT2D eigenvalue weighted by Gasteiger charge is 2.38. The van der Waals surface area contributed by atoms with Crippen LogP contribution in [0.2, 0.25) is 10.0 Å². The number of nitrogens with zero attached hydrogens (tertiary/aromatic N) is 5. The SMILES string of the molecule is COc1cc(N2CCN(C(=O)Cn3nc(C(F)(F)F)c(Cl)c3C)CC2)c(CN(C)C)cc1Cl. The lowest BCUT2D eigenvalue weighted by Crippen LogP contribution is -2.50. The first-order valence-electron chi connectivity index (χ1n) is 10.3. The fourth-order valence-corrected chi connectivity index (χ4v) is 4.29. The van der Waals surface area contributed by atoms with Crippen molar-refractivity contribution in [2.45, 2.75) is 26.2 Å². The van der Waals surface area contributed by atoms with E-state index in [1.54, 1.807) is 12.0 Å². The molecule has 1 saturated heterocycles. The van der Waals surface area contributed by atoms with Crippen LogP contribution in [-0.2, 0) is 24.1 Å². The largest absolute Gasteiger partial charge is 0.495 e. The highest BCUT2D eigenvalue weighted by atomic mass is 35.5. The number of carbonyl (C=O) groups excluding carboxylic acids is 1. The summed E-state index contributed by atoms with van der Waals surface area (Å²) in [5, 5.41) is 3.56. The molecular formula is C21H26Cl2F3N5O2. The first-order chi connectivity index (χ1) is 15.4. The van der Waals surface area contributed by atoms with Crippen molar-refractivity contribution < 1.29 is 22.7 Å². The molecule has 1 aliphatic rings. The Morgan fingerprint density at radius 1 is 1.18 bits per heavy atom. The van der Waals surface area contributed by atoms with Gasteiger partial charge >= 0.3 is 6.18 Å². The van der Waals surface area contributed by atoms with Crippen molar-refractivity contribution in [1.82, 2.24) is 19.6 Å². The fraction of sp³-hybridized carbons (Fsp3) is 0.524. The number of anilines is 1. The summed E-state index contributed by atoms with van der Waals surface area (Å²) in [4.78, 5) is 18.6. The van der Waals surface area contributed by atoms with E-state index in [4.69, 9.17) is 27.9 Å². The van der Waals surface area contributed by atoms with Gasteiger partial charge in [-0.05, 0) is 32.6 Å². The maximum absolute atomic E-state index is 13.0. The molecule has 1 aromatic carbocycles. The summed E-state index contributed by atoms with van der Waals surface area (Å²) in [7, 11) is 5.49. The summed E-state index contributed by atoms with van der Waals surface area (Å²) in [5.41, 5.74) is 0.940. The van der Waals surface area contributed by atoms with Crippen LogP contribution < -0.4 is 9.64 Å². The van der Waals surface area contributed by atoms with Gasteiger partial charge < -0.3 is 19.4 Å². The van der Waals surface area contributed by atoms with Crippen LogP contribution in [0.4, 0.5) is 18.9 Å². The molecule has 2 heterocycles. The monoisotopic (exact) mass is 507 g/mol. The minimum atomic E-state index is -4.67. The molecule has 7 nitrogen and oxygen atoms in total. The number of carbonyl (C=O) groups is 1. The molecule has 33 heavy (non-hydrogen) atoms. The second kappa shape index (κ2) is 9.99. The molecule has 0 atom stereocenters. The average Bonchev–Trinajstić information content (AvgIpc) is 3.02. The second-order valence-electron chi connectivity index (χ2n) is 8.12. The number of rotatable bonds is 6. The molecule has 1 aromatic heterocycles. The van der Waals surface area contributed by atoms with Crippen molar-refractivity contribution in [2.24, 2.45) is 0 Å². The van der Waals surface area contributed by atoms with E-state index in [9.17, 15) is 18.0 Å². The predicted octanol–water partition coefficient (Wildman–Crippen LogP) is 3.94. The number of amides is 1. The van der Waals surface area contributed by atoms with Crippen molar-refractivity contribution in [3.8, 4) is 5.75 Å². The van der Waals surface area contributed by atoms with Crippen LogP contribution in [0.1, 0.15) is 17.0 Å². The molecule has 0 N–H and O–H groups in total. The standard InChI is InChI=1S/C21H26Cl2F3N5O2/c1-13-19(23)20(21(24,25)26)27-31(13)12-18(32)30-7-5-29(6-8-30)16-10-17(33-4)15(22)9-14(16)11-28(2)3/h9-10H,5-8,11-12H2,1-4H3. The van der Waals surface area contributed by atoms with E-state index in [0.717, 1.165) is 15.9 Å². The van der Waals surface area contributed by atoms with E-state index in [0.29, 0.717) is 43.5 Å².